The highest BCUT2D eigenvalue weighted by atomic mass is 35.5. The summed E-state index contributed by atoms with van der Waals surface area (Å²) in [6.45, 7) is 3.23. The van der Waals surface area contributed by atoms with Crippen LogP contribution in [0.25, 0.3) is 0 Å². The number of halogens is 1. The Kier molecular flexibility index (Phi) is 6.16. The average molecular weight is 219 g/mol. The van der Waals surface area contributed by atoms with Gasteiger partial charge in [-0.1, -0.05) is 11.6 Å². The van der Waals surface area contributed by atoms with Gasteiger partial charge in [0.15, 0.2) is 0 Å². The molecule has 1 unspecified atom stereocenters. The monoisotopic (exact) mass is 218 g/mol. The predicted octanol–water partition coefficient (Wildman–Crippen LogP) is 1.61. The Morgan fingerprint density at radius 1 is 1.64 bits per heavy atom. The standard InChI is InChI=1S/C9H15ClN2O2/c1-7(14-4)11-9(10)5-6-12(3)8(2)13/h5-7H,1-4H3/b6-5+,11-9+. The highest BCUT2D eigenvalue weighted by Gasteiger charge is 1.98. The molecule has 0 aromatic heterocycles. The maximum absolute atomic E-state index is 10.8. The van der Waals surface area contributed by atoms with Crippen LogP contribution < -0.4 is 0 Å². The van der Waals surface area contributed by atoms with Gasteiger partial charge in [0.2, 0.25) is 5.91 Å². The Hall–Kier alpha value is -0.870. The topological polar surface area (TPSA) is 41.9 Å². The molecule has 1 amide bonds. The smallest absolute Gasteiger partial charge is 0.223 e. The van der Waals surface area contributed by atoms with Gasteiger partial charge >= 0.3 is 0 Å². The molecule has 0 fully saturated rings. The second kappa shape index (κ2) is 6.56. The van der Waals surface area contributed by atoms with Gasteiger partial charge < -0.3 is 9.64 Å². The fraction of sp³-hybridized carbons (Fsp3) is 0.556. The number of hydrogen-bond acceptors (Lipinski definition) is 3. The van der Waals surface area contributed by atoms with Gasteiger partial charge in [0.05, 0.1) is 0 Å². The van der Waals surface area contributed by atoms with Crippen LogP contribution in [0.4, 0.5) is 0 Å². The summed E-state index contributed by atoms with van der Waals surface area (Å²) in [5.74, 6) is -0.0643. The van der Waals surface area contributed by atoms with Crippen LogP contribution in [0.2, 0.25) is 0 Å². The summed E-state index contributed by atoms with van der Waals surface area (Å²) in [5.41, 5.74) is 0. The van der Waals surface area contributed by atoms with E-state index in [0.717, 1.165) is 0 Å². The summed E-state index contributed by atoms with van der Waals surface area (Å²) < 4.78 is 4.89. The van der Waals surface area contributed by atoms with Crippen molar-refractivity contribution in [3.8, 4) is 0 Å². The Balaban J connectivity index is 4.23. The molecule has 0 aromatic rings. The van der Waals surface area contributed by atoms with Crippen molar-refractivity contribution < 1.29 is 9.53 Å². The molecule has 0 N–H and O–H groups in total. The van der Waals surface area contributed by atoms with Gasteiger partial charge in [0.1, 0.15) is 11.4 Å². The van der Waals surface area contributed by atoms with Crippen molar-refractivity contribution in [1.29, 1.82) is 0 Å². The van der Waals surface area contributed by atoms with E-state index in [-0.39, 0.29) is 12.1 Å². The van der Waals surface area contributed by atoms with Crippen molar-refractivity contribution in [3.63, 3.8) is 0 Å². The zero-order chi connectivity index (χ0) is 11.1. The molecule has 0 saturated carbocycles. The average Bonchev–Trinajstić information content (AvgIpc) is 2.13. The van der Waals surface area contributed by atoms with Gasteiger partial charge in [-0.15, -0.1) is 0 Å². The molecule has 0 aliphatic carbocycles. The van der Waals surface area contributed by atoms with Crippen LogP contribution in [0, 0.1) is 0 Å². The lowest BCUT2D eigenvalue weighted by atomic mass is 10.5. The van der Waals surface area contributed by atoms with Crippen LogP contribution in [-0.2, 0) is 9.53 Å². The van der Waals surface area contributed by atoms with Crippen LogP contribution in [0.3, 0.4) is 0 Å². The molecule has 0 aromatic carbocycles. The minimum atomic E-state index is -0.283. The normalized spacial score (nSPS) is 14.5. The van der Waals surface area contributed by atoms with E-state index in [9.17, 15) is 4.79 Å². The first-order chi connectivity index (χ1) is 6.47. The summed E-state index contributed by atoms with van der Waals surface area (Å²) in [5, 5.41) is 0.299. The second-order valence-electron chi connectivity index (χ2n) is 2.73. The third-order valence-electron chi connectivity index (χ3n) is 1.58. The van der Waals surface area contributed by atoms with Crippen molar-refractivity contribution >= 4 is 22.7 Å². The lowest BCUT2D eigenvalue weighted by molar-refractivity contribution is -0.125. The maximum atomic E-state index is 10.8. The molecule has 0 saturated heterocycles. The first kappa shape index (κ1) is 13.1. The maximum Gasteiger partial charge on any atom is 0.223 e. The largest absolute Gasteiger partial charge is 0.360 e. The summed E-state index contributed by atoms with van der Waals surface area (Å²) in [6.07, 6.45) is 2.81. The van der Waals surface area contributed by atoms with Crippen LogP contribution in [-0.4, -0.2) is 36.4 Å². The third-order valence-corrected chi connectivity index (χ3v) is 1.80. The summed E-state index contributed by atoms with van der Waals surface area (Å²) in [6, 6.07) is 0. The number of rotatable bonds is 4. The van der Waals surface area contributed by atoms with Gasteiger partial charge in [0, 0.05) is 27.3 Å². The number of nitrogens with zero attached hydrogens (tertiary/aromatic N) is 2. The van der Waals surface area contributed by atoms with E-state index in [1.54, 1.807) is 33.4 Å². The number of carbonyl (C=O) groups is 1. The molecule has 0 aliphatic rings. The fourth-order valence-electron chi connectivity index (χ4n) is 0.548. The molecule has 0 bridgehead atoms. The third kappa shape index (κ3) is 5.72. The summed E-state index contributed by atoms with van der Waals surface area (Å²) >= 11 is 5.75. The van der Waals surface area contributed by atoms with Gasteiger partial charge in [-0.2, -0.15) is 0 Å². The summed E-state index contributed by atoms with van der Waals surface area (Å²) in [7, 11) is 3.19. The highest BCUT2D eigenvalue weighted by molar-refractivity contribution is 6.68. The van der Waals surface area contributed by atoms with Crippen molar-refractivity contribution in [2.24, 2.45) is 4.99 Å². The zero-order valence-electron chi connectivity index (χ0n) is 8.82. The molecule has 14 heavy (non-hydrogen) atoms. The number of allylic oxidation sites excluding steroid dienone is 1. The first-order valence-electron chi connectivity index (χ1n) is 4.15. The molecule has 80 valence electrons. The van der Waals surface area contributed by atoms with Crippen LogP contribution in [0.1, 0.15) is 13.8 Å². The number of methoxy groups -OCH3 is 1. The molecular formula is C9H15ClN2O2. The Morgan fingerprint density at radius 2 is 2.21 bits per heavy atom. The van der Waals surface area contributed by atoms with E-state index >= 15 is 0 Å². The minimum Gasteiger partial charge on any atom is -0.360 e. The van der Waals surface area contributed by atoms with Gasteiger partial charge in [-0.3, -0.25) is 4.79 Å². The van der Waals surface area contributed by atoms with Crippen LogP contribution in [0.15, 0.2) is 17.3 Å². The van der Waals surface area contributed by atoms with Crippen LogP contribution in [0.5, 0.6) is 0 Å². The predicted molar refractivity (Wildman–Crippen MR) is 57.3 cm³/mol. The summed E-state index contributed by atoms with van der Waals surface area (Å²) in [4.78, 5) is 16.2. The van der Waals surface area contributed by atoms with Crippen molar-refractivity contribution in [1.82, 2.24) is 4.90 Å². The van der Waals surface area contributed by atoms with Gasteiger partial charge in [-0.25, -0.2) is 4.99 Å². The number of aliphatic imine (C=N–C) groups is 1. The van der Waals surface area contributed by atoms with Crippen molar-refractivity contribution in [2.75, 3.05) is 14.2 Å². The lowest BCUT2D eigenvalue weighted by Gasteiger charge is -2.07. The van der Waals surface area contributed by atoms with E-state index in [4.69, 9.17) is 16.3 Å². The number of carbonyl (C=O) groups excluding carboxylic acids is 1. The number of amides is 1. The van der Waals surface area contributed by atoms with E-state index in [1.165, 1.54) is 11.8 Å². The first-order valence-corrected chi connectivity index (χ1v) is 4.53. The van der Waals surface area contributed by atoms with Crippen molar-refractivity contribution in [2.45, 2.75) is 20.1 Å². The Morgan fingerprint density at radius 3 is 2.64 bits per heavy atom. The molecule has 5 heteroatoms. The minimum absolute atomic E-state index is 0.0643. The van der Waals surface area contributed by atoms with Gasteiger partial charge in [0.25, 0.3) is 0 Å². The van der Waals surface area contributed by atoms with E-state index in [1.807, 2.05) is 0 Å². The molecule has 0 radical (unpaired) electrons. The second-order valence-corrected chi connectivity index (χ2v) is 3.12. The quantitative estimate of drug-likeness (QED) is 0.673. The lowest BCUT2D eigenvalue weighted by Crippen LogP contribution is -2.16. The molecular weight excluding hydrogens is 204 g/mol. The van der Waals surface area contributed by atoms with E-state index in [0.29, 0.717) is 5.17 Å². The molecule has 4 nitrogen and oxygen atoms in total. The molecule has 0 aliphatic heterocycles. The SMILES string of the molecule is COC(C)/N=C(Cl)\C=C\N(C)C(C)=O. The molecule has 0 heterocycles. The van der Waals surface area contributed by atoms with Crippen molar-refractivity contribution in [3.05, 3.63) is 12.3 Å². The van der Waals surface area contributed by atoms with Crippen LogP contribution >= 0.6 is 11.6 Å². The Labute approximate surface area is 89.2 Å². The Bertz CT molecular complexity index is 251. The number of hydrogen-bond donors (Lipinski definition) is 0. The molecule has 0 rings (SSSR count). The van der Waals surface area contributed by atoms with E-state index in [2.05, 4.69) is 4.99 Å². The van der Waals surface area contributed by atoms with Gasteiger partial charge in [-0.05, 0) is 13.0 Å². The highest BCUT2D eigenvalue weighted by Crippen LogP contribution is 1.97. The zero-order valence-corrected chi connectivity index (χ0v) is 9.58. The molecule has 1 atom stereocenters. The molecule has 0 spiro atoms. The van der Waals surface area contributed by atoms with E-state index < -0.39 is 0 Å². The number of ether oxygens (including phenoxy) is 1. The fourth-order valence-corrected chi connectivity index (χ4v) is 0.741.